The summed E-state index contributed by atoms with van der Waals surface area (Å²) in [5.41, 5.74) is 1.36. The van der Waals surface area contributed by atoms with Crippen LogP contribution in [0.2, 0.25) is 0 Å². The zero-order chi connectivity index (χ0) is 12.1. The van der Waals surface area contributed by atoms with Gasteiger partial charge in [0.15, 0.2) is 5.96 Å². The highest BCUT2D eigenvalue weighted by Gasteiger charge is 2.15. The molecular formula is C13H22IN3S. The van der Waals surface area contributed by atoms with Crippen LogP contribution < -0.4 is 5.32 Å². The van der Waals surface area contributed by atoms with Crippen LogP contribution in [0.3, 0.4) is 0 Å². The second-order valence-corrected chi connectivity index (χ2v) is 5.39. The van der Waals surface area contributed by atoms with Crippen molar-refractivity contribution in [2.45, 2.75) is 33.2 Å². The first kappa shape index (κ1) is 15.8. The molecule has 2 rings (SSSR count). The molecule has 5 heteroatoms. The van der Waals surface area contributed by atoms with Crippen molar-refractivity contribution < 1.29 is 0 Å². The second-order valence-electron chi connectivity index (χ2n) is 4.39. The van der Waals surface area contributed by atoms with Crippen LogP contribution in [0.4, 0.5) is 0 Å². The van der Waals surface area contributed by atoms with Crippen molar-refractivity contribution in [2.24, 2.45) is 4.99 Å². The summed E-state index contributed by atoms with van der Waals surface area (Å²) in [5.74, 6) is 1.08. The molecule has 1 aromatic heterocycles. The minimum Gasteiger partial charge on any atom is -0.357 e. The normalized spacial score (nSPS) is 15.7. The molecule has 102 valence electrons. The Kier molecular flexibility index (Phi) is 6.99. The molecule has 3 nitrogen and oxygen atoms in total. The average Bonchev–Trinajstić information content (AvgIpc) is 2.96. The summed E-state index contributed by atoms with van der Waals surface area (Å²) in [4.78, 5) is 8.48. The van der Waals surface area contributed by atoms with Gasteiger partial charge in [-0.2, -0.15) is 0 Å². The molecule has 0 aromatic carbocycles. The van der Waals surface area contributed by atoms with Crippen molar-refractivity contribution in [1.82, 2.24) is 10.2 Å². The van der Waals surface area contributed by atoms with Crippen LogP contribution in [0.5, 0.6) is 0 Å². The lowest BCUT2D eigenvalue weighted by Gasteiger charge is -2.20. The van der Waals surface area contributed by atoms with E-state index in [9.17, 15) is 0 Å². The zero-order valence-corrected chi connectivity index (χ0v) is 14.3. The minimum atomic E-state index is 0. The Morgan fingerprint density at radius 3 is 2.72 bits per heavy atom. The molecule has 18 heavy (non-hydrogen) atoms. The lowest BCUT2D eigenvalue weighted by molar-refractivity contribution is 0.494. The maximum Gasteiger partial charge on any atom is 0.194 e. The minimum absolute atomic E-state index is 0. The van der Waals surface area contributed by atoms with E-state index in [0.29, 0.717) is 0 Å². The first-order valence-electron chi connectivity index (χ1n) is 6.37. The van der Waals surface area contributed by atoms with E-state index in [1.165, 1.54) is 23.3 Å². The first-order valence-corrected chi connectivity index (χ1v) is 7.25. The molecular weight excluding hydrogens is 357 g/mol. The van der Waals surface area contributed by atoms with Gasteiger partial charge in [-0.15, -0.1) is 35.3 Å². The Balaban J connectivity index is 0.00000162. The van der Waals surface area contributed by atoms with Gasteiger partial charge in [-0.1, -0.05) is 0 Å². The van der Waals surface area contributed by atoms with Crippen molar-refractivity contribution in [1.29, 1.82) is 0 Å². The quantitative estimate of drug-likeness (QED) is 0.496. The van der Waals surface area contributed by atoms with E-state index in [-0.39, 0.29) is 24.0 Å². The third-order valence-corrected chi connectivity index (χ3v) is 4.09. The topological polar surface area (TPSA) is 27.6 Å². The molecule has 0 unspecified atom stereocenters. The van der Waals surface area contributed by atoms with Crippen molar-refractivity contribution >= 4 is 41.3 Å². The molecule has 1 aromatic rings. The van der Waals surface area contributed by atoms with Crippen LogP contribution in [0.25, 0.3) is 0 Å². The number of aryl methyl sites for hydroxylation is 1. The van der Waals surface area contributed by atoms with E-state index >= 15 is 0 Å². The maximum atomic E-state index is 4.74. The highest BCUT2D eigenvalue weighted by atomic mass is 127. The predicted octanol–water partition coefficient (Wildman–Crippen LogP) is 3.24. The molecule has 0 atom stereocenters. The van der Waals surface area contributed by atoms with Gasteiger partial charge in [0.1, 0.15) is 0 Å². The Morgan fingerprint density at radius 2 is 2.17 bits per heavy atom. The van der Waals surface area contributed by atoms with Gasteiger partial charge in [0.05, 0.1) is 6.54 Å². The van der Waals surface area contributed by atoms with Crippen LogP contribution in [0.15, 0.2) is 16.4 Å². The highest BCUT2D eigenvalue weighted by Crippen LogP contribution is 2.17. The van der Waals surface area contributed by atoms with Gasteiger partial charge in [-0.3, -0.25) is 0 Å². The van der Waals surface area contributed by atoms with Gasteiger partial charge in [0, 0.05) is 24.5 Å². The van der Waals surface area contributed by atoms with Crippen molar-refractivity contribution in [3.8, 4) is 0 Å². The van der Waals surface area contributed by atoms with Crippen LogP contribution in [-0.4, -0.2) is 30.5 Å². The Morgan fingerprint density at radius 1 is 1.44 bits per heavy atom. The number of guanidine groups is 1. The van der Waals surface area contributed by atoms with E-state index in [0.717, 1.165) is 32.1 Å². The lowest BCUT2D eigenvalue weighted by Crippen LogP contribution is -2.39. The fourth-order valence-corrected chi connectivity index (χ4v) is 2.90. The van der Waals surface area contributed by atoms with Crippen LogP contribution in [0, 0.1) is 6.92 Å². The van der Waals surface area contributed by atoms with Crippen molar-refractivity contribution in [3.63, 3.8) is 0 Å². The molecule has 2 heterocycles. The second kappa shape index (κ2) is 7.99. The largest absolute Gasteiger partial charge is 0.357 e. The summed E-state index contributed by atoms with van der Waals surface area (Å²) < 4.78 is 0. The molecule has 0 spiro atoms. The summed E-state index contributed by atoms with van der Waals surface area (Å²) >= 11 is 1.80. The van der Waals surface area contributed by atoms with Crippen LogP contribution in [0.1, 0.15) is 30.2 Å². The summed E-state index contributed by atoms with van der Waals surface area (Å²) in [7, 11) is 0. The maximum absolute atomic E-state index is 4.74. The van der Waals surface area contributed by atoms with Crippen molar-refractivity contribution in [2.75, 3.05) is 19.6 Å². The summed E-state index contributed by atoms with van der Waals surface area (Å²) in [6.45, 7) is 8.33. The number of likely N-dealkylation sites (tertiary alicyclic amines) is 1. The molecule has 1 saturated heterocycles. The van der Waals surface area contributed by atoms with Crippen LogP contribution >= 0.6 is 35.3 Å². The third kappa shape index (κ3) is 4.12. The predicted molar refractivity (Wildman–Crippen MR) is 90.1 cm³/mol. The van der Waals surface area contributed by atoms with Gasteiger partial charge in [0.2, 0.25) is 0 Å². The molecule has 1 aliphatic heterocycles. The van der Waals surface area contributed by atoms with E-state index < -0.39 is 0 Å². The number of halogens is 1. The highest BCUT2D eigenvalue weighted by molar-refractivity contribution is 14.0. The Labute approximate surface area is 131 Å². The third-order valence-electron chi connectivity index (χ3n) is 3.08. The fraction of sp³-hybridized carbons (Fsp3) is 0.615. The molecule has 0 bridgehead atoms. The van der Waals surface area contributed by atoms with Crippen molar-refractivity contribution in [3.05, 3.63) is 21.9 Å². The fourth-order valence-electron chi connectivity index (χ4n) is 2.07. The summed E-state index contributed by atoms with van der Waals surface area (Å²) in [6, 6.07) is 2.16. The smallest absolute Gasteiger partial charge is 0.194 e. The standard InChI is InChI=1S/C13H21N3S.HI/c1-3-14-13(16-7-4-5-8-16)15-10-12-11(2)6-9-17-12;/h6,9H,3-5,7-8,10H2,1-2H3,(H,14,15);1H. The number of hydrogen-bond donors (Lipinski definition) is 1. The Bertz CT molecular complexity index is 383. The summed E-state index contributed by atoms with van der Waals surface area (Å²) in [5, 5.41) is 5.53. The average molecular weight is 379 g/mol. The van der Waals surface area contributed by atoms with Gasteiger partial charge in [0.25, 0.3) is 0 Å². The molecule has 1 aliphatic rings. The van der Waals surface area contributed by atoms with E-state index in [4.69, 9.17) is 4.99 Å². The molecule has 0 aliphatic carbocycles. The molecule has 0 radical (unpaired) electrons. The zero-order valence-electron chi connectivity index (χ0n) is 11.1. The number of rotatable bonds is 3. The molecule has 1 fully saturated rings. The number of hydrogen-bond acceptors (Lipinski definition) is 2. The molecule has 1 N–H and O–H groups in total. The van der Waals surface area contributed by atoms with E-state index in [2.05, 4.69) is 35.5 Å². The van der Waals surface area contributed by atoms with E-state index in [1.54, 1.807) is 11.3 Å². The SMILES string of the molecule is CCNC(=NCc1sccc1C)N1CCCC1.I. The number of thiophene rings is 1. The van der Waals surface area contributed by atoms with Gasteiger partial charge < -0.3 is 10.2 Å². The molecule has 0 saturated carbocycles. The van der Waals surface area contributed by atoms with Gasteiger partial charge in [-0.25, -0.2) is 4.99 Å². The monoisotopic (exact) mass is 379 g/mol. The number of aliphatic imine (C=N–C) groups is 1. The lowest BCUT2D eigenvalue weighted by atomic mass is 10.3. The number of nitrogens with zero attached hydrogens (tertiary/aromatic N) is 2. The molecule has 0 amide bonds. The van der Waals surface area contributed by atoms with Gasteiger partial charge >= 0.3 is 0 Å². The van der Waals surface area contributed by atoms with E-state index in [1.807, 2.05) is 0 Å². The first-order chi connectivity index (χ1) is 8.31. The Hall–Kier alpha value is -0.300. The summed E-state index contributed by atoms with van der Waals surface area (Å²) in [6.07, 6.45) is 2.59. The number of nitrogens with one attached hydrogen (secondary N) is 1. The van der Waals surface area contributed by atoms with Gasteiger partial charge in [-0.05, 0) is 43.7 Å². The van der Waals surface area contributed by atoms with Crippen LogP contribution in [-0.2, 0) is 6.54 Å².